The Morgan fingerprint density at radius 3 is 2.67 bits per heavy atom. The van der Waals surface area contributed by atoms with E-state index < -0.39 is 6.61 Å². The minimum Gasteiger partial charge on any atom is -0.493 e. The molecule has 0 radical (unpaired) electrons. The van der Waals surface area contributed by atoms with Crippen LogP contribution in [-0.2, 0) is 5.75 Å². The van der Waals surface area contributed by atoms with E-state index in [9.17, 15) is 8.78 Å². The van der Waals surface area contributed by atoms with Gasteiger partial charge in [-0.3, -0.25) is 0 Å². The molecule has 0 aliphatic rings. The van der Waals surface area contributed by atoms with Crippen LogP contribution in [0.2, 0.25) is 0 Å². The molecule has 2 aromatic carbocycles. The van der Waals surface area contributed by atoms with Crippen LogP contribution in [0.4, 0.5) is 8.78 Å². The molecule has 0 amide bonds. The Hall–Kier alpha value is -3.34. The van der Waals surface area contributed by atoms with E-state index in [1.807, 2.05) is 0 Å². The second kappa shape index (κ2) is 8.57. The average molecular weight is 434 g/mol. The highest BCUT2D eigenvalue weighted by molar-refractivity contribution is 7.98. The number of benzene rings is 2. The number of methoxy groups -OCH3 is 2. The summed E-state index contributed by atoms with van der Waals surface area (Å²) < 4.78 is 45.3. The molecule has 4 aromatic rings. The highest BCUT2D eigenvalue weighted by Gasteiger charge is 2.14. The summed E-state index contributed by atoms with van der Waals surface area (Å²) in [6, 6.07) is 9.83. The SMILES string of the molecule is COc1ccc(-c2nnc(CSc3nc4ccc(OC(F)F)cc4[nH]3)o2)cc1OC. The van der Waals surface area contributed by atoms with Crippen LogP contribution in [-0.4, -0.2) is 41.0 Å². The number of rotatable bonds is 8. The summed E-state index contributed by atoms with van der Waals surface area (Å²) in [6.07, 6.45) is 0. The maximum Gasteiger partial charge on any atom is 0.387 e. The number of H-pyrrole nitrogens is 1. The van der Waals surface area contributed by atoms with E-state index in [1.54, 1.807) is 38.5 Å². The smallest absolute Gasteiger partial charge is 0.387 e. The molecule has 0 atom stereocenters. The van der Waals surface area contributed by atoms with Crippen LogP contribution in [0.3, 0.4) is 0 Å². The molecular weight excluding hydrogens is 418 g/mol. The number of aromatic nitrogens is 4. The molecular formula is C19H16F2N4O4S. The molecule has 0 spiro atoms. The van der Waals surface area contributed by atoms with Gasteiger partial charge in [0, 0.05) is 11.6 Å². The van der Waals surface area contributed by atoms with Gasteiger partial charge < -0.3 is 23.6 Å². The quantitative estimate of drug-likeness (QED) is 0.405. The first-order chi connectivity index (χ1) is 14.6. The Kier molecular flexibility index (Phi) is 5.70. The van der Waals surface area contributed by atoms with Gasteiger partial charge in [0.2, 0.25) is 11.8 Å². The zero-order valence-electron chi connectivity index (χ0n) is 15.9. The Morgan fingerprint density at radius 1 is 1.07 bits per heavy atom. The number of halogens is 2. The maximum absolute atomic E-state index is 12.4. The second-order valence-corrected chi connectivity index (χ2v) is 6.92. The lowest BCUT2D eigenvalue weighted by Crippen LogP contribution is -2.01. The lowest BCUT2D eigenvalue weighted by atomic mass is 10.2. The number of imidazole rings is 1. The topological polar surface area (TPSA) is 95.3 Å². The molecule has 2 aromatic heterocycles. The third kappa shape index (κ3) is 4.30. The van der Waals surface area contributed by atoms with Crippen molar-refractivity contribution in [1.82, 2.24) is 20.2 Å². The van der Waals surface area contributed by atoms with Gasteiger partial charge in [-0.1, -0.05) is 11.8 Å². The van der Waals surface area contributed by atoms with Gasteiger partial charge in [0.05, 0.1) is 31.0 Å². The van der Waals surface area contributed by atoms with E-state index in [-0.39, 0.29) is 5.75 Å². The van der Waals surface area contributed by atoms with Crippen LogP contribution in [0.15, 0.2) is 46.0 Å². The van der Waals surface area contributed by atoms with Crippen molar-refractivity contribution < 1.29 is 27.4 Å². The van der Waals surface area contributed by atoms with Gasteiger partial charge in [0.25, 0.3) is 0 Å². The Labute approximate surface area is 173 Å². The van der Waals surface area contributed by atoms with Crippen molar-refractivity contribution in [2.24, 2.45) is 0 Å². The molecule has 2 heterocycles. The second-order valence-electron chi connectivity index (χ2n) is 5.96. The molecule has 0 saturated heterocycles. The first-order valence-electron chi connectivity index (χ1n) is 8.68. The number of fused-ring (bicyclic) bond motifs is 1. The van der Waals surface area contributed by atoms with E-state index in [0.29, 0.717) is 50.8 Å². The number of ether oxygens (including phenoxy) is 3. The van der Waals surface area contributed by atoms with E-state index in [0.717, 1.165) is 0 Å². The predicted molar refractivity (Wildman–Crippen MR) is 105 cm³/mol. The number of aromatic amines is 1. The number of nitrogens with one attached hydrogen (secondary N) is 1. The van der Waals surface area contributed by atoms with E-state index >= 15 is 0 Å². The molecule has 0 unspecified atom stereocenters. The molecule has 0 fully saturated rings. The van der Waals surface area contributed by atoms with Crippen molar-refractivity contribution in [2.75, 3.05) is 14.2 Å². The van der Waals surface area contributed by atoms with Crippen LogP contribution in [0.1, 0.15) is 5.89 Å². The van der Waals surface area contributed by atoms with Crippen LogP contribution >= 0.6 is 11.8 Å². The zero-order valence-corrected chi connectivity index (χ0v) is 16.7. The minimum atomic E-state index is -2.88. The van der Waals surface area contributed by atoms with Crippen molar-refractivity contribution >= 4 is 22.8 Å². The molecule has 30 heavy (non-hydrogen) atoms. The Morgan fingerprint density at radius 2 is 1.90 bits per heavy atom. The molecule has 0 bridgehead atoms. The largest absolute Gasteiger partial charge is 0.493 e. The average Bonchev–Trinajstić information content (AvgIpc) is 3.37. The fourth-order valence-electron chi connectivity index (χ4n) is 2.74. The molecule has 0 aliphatic carbocycles. The van der Waals surface area contributed by atoms with Gasteiger partial charge in [-0.05, 0) is 30.3 Å². The third-order valence-electron chi connectivity index (χ3n) is 4.09. The van der Waals surface area contributed by atoms with Gasteiger partial charge in [-0.2, -0.15) is 8.78 Å². The van der Waals surface area contributed by atoms with Gasteiger partial charge >= 0.3 is 6.61 Å². The maximum atomic E-state index is 12.4. The van der Waals surface area contributed by atoms with E-state index in [4.69, 9.17) is 13.9 Å². The third-order valence-corrected chi connectivity index (χ3v) is 4.94. The molecule has 0 saturated carbocycles. The molecule has 1 N–H and O–H groups in total. The first kappa shape index (κ1) is 20.0. The molecule has 11 heteroatoms. The van der Waals surface area contributed by atoms with Crippen LogP contribution < -0.4 is 14.2 Å². The highest BCUT2D eigenvalue weighted by Crippen LogP contribution is 2.32. The number of alkyl halides is 2. The monoisotopic (exact) mass is 434 g/mol. The molecule has 0 aliphatic heterocycles. The Bertz CT molecular complexity index is 1160. The number of hydrogen-bond donors (Lipinski definition) is 1. The fourth-order valence-corrected chi connectivity index (χ4v) is 3.46. The summed E-state index contributed by atoms with van der Waals surface area (Å²) in [6.45, 7) is -2.88. The van der Waals surface area contributed by atoms with Crippen LogP contribution in [0, 0.1) is 0 Å². The number of thioether (sulfide) groups is 1. The standard InChI is InChI=1S/C19H16F2N4O4S/c1-26-14-6-3-10(7-15(14)27-2)17-25-24-16(29-17)9-30-19-22-12-5-4-11(28-18(20)21)8-13(12)23-19/h3-8,18H,9H2,1-2H3,(H,22,23). The van der Waals surface area contributed by atoms with Crippen LogP contribution in [0.5, 0.6) is 17.2 Å². The van der Waals surface area contributed by atoms with Crippen molar-refractivity contribution in [3.8, 4) is 28.7 Å². The van der Waals surface area contributed by atoms with Crippen LogP contribution in [0.25, 0.3) is 22.5 Å². The lowest BCUT2D eigenvalue weighted by Gasteiger charge is -2.07. The summed E-state index contributed by atoms with van der Waals surface area (Å²) >= 11 is 1.34. The van der Waals surface area contributed by atoms with Crippen molar-refractivity contribution in [1.29, 1.82) is 0 Å². The predicted octanol–water partition coefficient (Wildman–Crippen LogP) is 4.52. The summed E-state index contributed by atoms with van der Waals surface area (Å²) in [4.78, 5) is 7.45. The molecule has 4 rings (SSSR count). The summed E-state index contributed by atoms with van der Waals surface area (Å²) in [5.74, 6) is 2.36. The first-order valence-corrected chi connectivity index (χ1v) is 9.66. The minimum absolute atomic E-state index is 0.0640. The van der Waals surface area contributed by atoms with Gasteiger partial charge in [0.1, 0.15) is 5.75 Å². The molecule has 8 nitrogen and oxygen atoms in total. The van der Waals surface area contributed by atoms with Crippen molar-refractivity contribution in [3.05, 3.63) is 42.3 Å². The normalized spacial score (nSPS) is 11.2. The van der Waals surface area contributed by atoms with Crippen molar-refractivity contribution in [3.63, 3.8) is 0 Å². The van der Waals surface area contributed by atoms with Crippen molar-refractivity contribution in [2.45, 2.75) is 17.5 Å². The lowest BCUT2D eigenvalue weighted by molar-refractivity contribution is -0.0497. The summed E-state index contributed by atoms with van der Waals surface area (Å²) in [5, 5.41) is 8.71. The summed E-state index contributed by atoms with van der Waals surface area (Å²) in [7, 11) is 3.11. The Balaban J connectivity index is 1.45. The van der Waals surface area contributed by atoms with Gasteiger partial charge in [0.15, 0.2) is 16.7 Å². The van der Waals surface area contributed by atoms with Gasteiger partial charge in [-0.15, -0.1) is 10.2 Å². The number of nitrogens with zero attached hydrogens (tertiary/aromatic N) is 3. The summed E-state index contributed by atoms with van der Waals surface area (Å²) in [5.41, 5.74) is 1.93. The zero-order chi connectivity index (χ0) is 21.1. The number of hydrogen-bond acceptors (Lipinski definition) is 8. The van der Waals surface area contributed by atoms with E-state index in [2.05, 4.69) is 24.9 Å². The van der Waals surface area contributed by atoms with Gasteiger partial charge in [-0.25, -0.2) is 4.98 Å². The van der Waals surface area contributed by atoms with E-state index in [1.165, 1.54) is 23.9 Å². The fraction of sp³-hybridized carbons (Fsp3) is 0.211. The molecule has 156 valence electrons. The highest BCUT2D eigenvalue weighted by atomic mass is 32.2.